The predicted octanol–water partition coefficient (Wildman–Crippen LogP) is 2.67. The SMILES string of the molecule is C[C@@H]1CC[C@H](NC(=O)[C@H](CCC2CCCC2)NC(=O)c2ccco2)C(=O)CN1S(=O)(=O)c1ccccn1. The molecule has 2 aliphatic rings. The van der Waals surface area contributed by atoms with Crippen molar-refractivity contribution in [2.24, 2.45) is 5.92 Å². The van der Waals surface area contributed by atoms with Gasteiger partial charge in [0.2, 0.25) is 5.91 Å². The summed E-state index contributed by atoms with van der Waals surface area (Å²) in [7, 11) is -3.97. The van der Waals surface area contributed by atoms with Crippen LogP contribution in [-0.2, 0) is 19.6 Å². The lowest BCUT2D eigenvalue weighted by Gasteiger charge is -2.25. The van der Waals surface area contributed by atoms with Crippen molar-refractivity contribution >= 4 is 27.6 Å². The maximum atomic E-state index is 13.3. The number of furan rings is 1. The summed E-state index contributed by atoms with van der Waals surface area (Å²) in [6.07, 6.45) is 9.26. The first kappa shape index (κ1) is 27.0. The highest BCUT2D eigenvalue weighted by atomic mass is 32.2. The fourth-order valence-electron chi connectivity index (χ4n) is 5.11. The molecule has 200 valence electrons. The van der Waals surface area contributed by atoms with Crippen LogP contribution < -0.4 is 10.6 Å². The molecule has 10 nitrogen and oxygen atoms in total. The number of rotatable bonds is 9. The average molecular weight is 531 g/mol. The standard InChI is InChI=1S/C26H34N4O6S/c1-18-11-13-20(22(31)17-30(18)37(34,35)24-10-4-5-15-27-24)28-25(32)21(14-12-19-7-2-3-8-19)29-26(33)23-9-6-16-36-23/h4-6,9-10,15-16,18-21H,2-3,7-8,11-14,17H2,1H3,(H,28,32)(H,29,33)/t18-,20+,21+/m1/s1. The minimum Gasteiger partial charge on any atom is -0.459 e. The molecule has 1 aliphatic carbocycles. The van der Waals surface area contributed by atoms with E-state index in [9.17, 15) is 22.8 Å². The van der Waals surface area contributed by atoms with Gasteiger partial charge >= 0.3 is 0 Å². The second-order valence-electron chi connectivity index (χ2n) is 9.90. The highest BCUT2D eigenvalue weighted by molar-refractivity contribution is 7.89. The van der Waals surface area contributed by atoms with Gasteiger partial charge in [0.15, 0.2) is 16.6 Å². The predicted molar refractivity (Wildman–Crippen MR) is 135 cm³/mol. The molecular formula is C26H34N4O6S. The van der Waals surface area contributed by atoms with Crippen LogP contribution in [-0.4, -0.2) is 60.0 Å². The number of sulfonamides is 1. The summed E-state index contributed by atoms with van der Waals surface area (Å²) >= 11 is 0. The molecule has 11 heteroatoms. The van der Waals surface area contributed by atoms with Gasteiger partial charge < -0.3 is 15.1 Å². The zero-order valence-electron chi connectivity index (χ0n) is 21.0. The van der Waals surface area contributed by atoms with Crippen molar-refractivity contribution in [1.29, 1.82) is 0 Å². The Hall–Kier alpha value is -3.05. The second kappa shape index (κ2) is 12.0. The summed E-state index contributed by atoms with van der Waals surface area (Å²) in [5.41, 5.74) is 0. The van der Waals surface area contributed by atoms with Crippen LogP contribution in [0.1, 0.15) is 68.8 Å². The third-order valence-electron chi connectivity index (χ3n) is 7.30. The molecule has 2 fully saturated rings. The van der Waals surface area contributed by atoms with Gasteiger partial charge in [-0.2, -0.15) is 4.31 Å². The van der Waals surface area contributed by atoms with Gasteiger partial charge in [-0.15, -0.1) is 0 Å². The Morgan fingerprint density at radius 1 is 1.14 bits per heavy atom. The number of hydrogen-bond donors (Lipinski definition) is 2. The summed E-state index contributed by atoms with van der Waals surface area (Å²) in [6, 6.07) is 5.58. The topological polar surface area (TPSA) is 139 Å². The molecule has 2 amide bonds. The second-order valence-corrected chi connectivity index (χ2v) is 11.7. The van der Waals surface area contributed by atoms with Crippen LogP contribution in [0.4, 0.5) is 0 Å². The third kappa shape index (κ3) is 6.64. The summed E-state index contributed by atoms with van der Waals surface area (Å²) in [5.74, 6) is -0.728. The van der Waals surface area contributed by atoms with Gasteiger partial charge in [-0.05, 0) is 62.8 Å². The van der Waals surface area contributed by atoms with E-state index in [0.717, 1.165) is 23.6 Å². The van der Waals surface area contributed by atoms with Crippen molar-refractivity contribution in [2.75, 3.05) is 6.54 Å². The zero-order chi connectivity index (χ0) is 26.4. The third-order valence-corrected chi connectivity index (χ3v) is 9.17. The van der Waals surface area contributed by atoms with Gasteiger partial charge in [-0.3, -0.25) is 14.4 Å². The number of ketones is 1. The molecule has 1 aliphatic heterocycles. The molecule has 0 spiro atoms. The van der Waals surface area contributed by atoms with Gasteiger partial charge in [-0.1, -0.05) is 31.7 Å². The van der Waals surface area contributed by atoms with E-state index in [0.29, 0.717) is 25.2 Å². The Morgan fingerprint density at radius 2 is 1.92 bits per heavy atom. The molecule has 3 atom stereocenters. The molecule has 2 aromatic heterocycles. The number of carbonyl (C=O) groups is 3. The number of pyridine rings is 1. The van der Waals surface area contributed by atoms with E-state index in [1.807, 2.05) is 0 Å². The number of nitrogens with one attached hydrogen (secondary N) is 2. The Bertz CT molecular complexity index is 1180. The van der Waals surface area contributed by atoms with Gasteiger partial charge in [0, 0.05) is 12.2 Å². The summed E-state index contributed by atoms with van der Waals surface area (Å²) in [5, 5.41) is 5.43. The highest BCUT2D eigenvalue weighted by Gasteiger charge is 2.38. The maximum absolute atomic E-state index is 13.3. The molecule has 4 rings (SSSR count). The Morgan fingerprint density at radius 3 is 2.59 bits per heavy atom. The molecule has 0 aromatic carbocycles. The lowest BCUT2D eigenvalue weighted by Crippen LogP contribution is -2.52. The first-order valence-corrected chi connectivity index (χ1v) is 14.3. The molecule has 0 radical (unpaired) electrons. The first-order valence-electron chi connectivity index (χ1n) is 12.9. The molecule has 2 aromatic rings. The van der Waals surface area contributed by atoms with Crippen LogP contribution >= 0.6 is 0 Å². The molecule has 1 saturated heterocycles. The van der Waals surface area contributed by atoms with E-state index in [2.05, 4.69) is 15.6 Å². The van der Waals surface area contributed by atoms with Crippen LogP contribution in [0.2, 0.25) is 0 Å². The number of carbonyl (C=O) groups excluding carboxylic acids is 3. The van der Waals surface area contributed by atoms with Crippen LogP contribution in [0.5, 0.6) is 0 Å². The first-order chi connectivity index (χ1) is 17.8. The van der Waals surface area contributed by atoms with E-state index in [-0.39, 0.29) is 17.3 Å². The largest absolute Gasteiger partial charge is 0.459 e. The lowest BCUT2D eigenvalue weighted by atomic mass is 9.97. The summed E-state index contributed by atoms with van der Waals surface area (Å²) in [6.45, 7) is 1.38. The van der Waals surface area contributed by atoms with Crippen LogP contribution in [0.15, 0.2) is 52.2 Å². The van der Waals surface area contributed by atoms with E-state index < -0.39 is 45.7 Å². The smallest absolute Gasteiger partial charge is 0.287 e. The maximum Gasteiger partial charge on any atom is 0.287 e. The van der Waals surface area contributed by atoms with Crippen molar-refractivity contribution < 1.29 is 27.2 Å². The van der Waals surface area contributed by atoms with E-state index >= 15 is 0 Å². The molecule has 0 unspecified atom stereocenters. The molecule has 3 heterocycles. The molecule has 1 saturated carbocycles. The molecule has 0 bridgehead atoms. The fourth-order valence-corrected chi connectivity index (χ4v) is 6.67. The molecule has 37 heavy (non-hydrogen) atoms. The average Bonchev–Trinajstić information content (AvgIpc) is 3.60. The van der Waals surface area contributed by atoms with Crippen LogP contribution in [0.25, 0.3) is 0 Å². The van der Waals surface area contributed by atoms with Crippen molar-refractivity contribution in [3.05, 3.63) is 48.6 Å². The van der Waals surface area contributed by atoms with E-state index in [1.54, 1.807) is 25.1 Å². The van der Waals surface area contributed by atoms with Gasteiger partial charge in [0.05, 0.1) is 18.8 Å². The van der Waals surface area contributed by atoms with Gasteiger partial charge in [0.25, 0.3) is 15.9 Å². The molecule has 2 N–H and O–H groups in total. The van der Waals surface area contributed by atoms with Crippen LogP contribution in [0.3, 0.4) is 0 Å². The highest BCUT2D eigenvalue weighted by Crippen LogP contribution is 2.29. The quantitative estimate of drug-likeness (QED) is 0.508. The minimum absolute atomic E-state index is 0.105. The Balaban J connectivity index is 1.44. The summed E-state index contributed by atoms with van der Waals surface area (Å²) < 4.78 is 32.6. The molecular weight excluding hydrogens is 496 g/mol. The van der Waals surface area contributed by atoms with E-state index in [4.69, 9.17) is 4.42 Å². The lowest BCUT2D eigenvalue weighted by molar-refractivity contribution is -0.128. The van der Waals surface area contributed by atoms with Crippen molar-refractivity contribution in [3.63, 3.8) is 0 Å². The number of nitrogens with zero attached hydrogens (tertiary/aromatic N) is 2. The number of amides is 2. The van der Waals surface area contributed by atoms with Gasteiger partial charge in [-0.25, -0.2) is 13.4 Å². The Labute approximate surface area is 217 Å². The van der Waals surface area contributed by atoms with Crippen molar-refractivity contribution in [1.82, 2.24) is 19.9 Å². The normalized spacial score (nSPS) is 22.4. The Kier molecular flexibility index (Phi) is 8.75. The zero-order valence-corrected chi connectivity index (χ0v) is 21.8. The van der Waals surface area contributed by atoms with Gasteiger partial charge in [0.1, 0.15) is 6.04 Å². The van der Waals surface area contributed by atoms with E-state index in [1.165, 1.54) is 37.4 Å². The van der Waals surface area contributed by atoms with Crippen molar-refractivity contribution in [3.8, 4) is 0 Å². The number of Topliss-reactive ketones (excluding diaryl/α,β-unsaturated/α-hetero) is 1. The number of hydrogen-bond acceptors (Lipinski definition) is 7. The summed E-state index contributed by atoms with van der Waals surface area (Å²) in [4.78, 5) is 43.0. The monoisotopic (exact) mass is 530 g/mol. The number of aromatic nitrogens is 1. The minimum atomic E-state index is -3.97. The fraction of sp³-hybridized carbons (Fsp3) is 0.538. The van der Waals surface area contributed by atoms with Crippen molar-refractivity contribution in [2.45, 2.75) is 81.4 Å². The van der Waals surface area contributed by atoms with Crippen LogP contribution in [0, 0.1) is 5.92 Å².